The lowest BCUT2D eigenvalue weighted by Gasteiger charge is -2.47. The lowest BCUT2D eigenvalue weighted by molar-refractivity contribution is 0.590. The zero-order valence-corrected chi connectivity index (χ0v) is 30.3. The molecule has 3 heterocycles. The number of nitrogens with zero attached hydrogens (tertiary/aromatic N) is 1. The smallest absolute Gasteiger partial charge is 0.171 e. The van der Waals surface area contributed by atoms with Crippen molar-refractivity contribution < 1.29 is 4.57 Å². The van der Waals surface area contributed by atoms with Crippen LogP contribution in [0.5, 0.6) is 0 Å². The summed E-state index contributed by atoms with van der Waals surface area (Å²) in [6.07, 6.45) is 0. The van der Waals surface area contributed by atoms with Gasteiger partial charge in [-0.05, 0) is 57.6 Å². The third-order valence-corrected chi connectivity index (χ3v) is 16.5. The number of para-hydroxylation sites is 3. The maximum atomic E-state index is 16.2. The molecular formula is C46H36NOPSi. The van der Waals surface area contributed by atoms with Crippen molar-refractivity contribution >= 4 is 58.1 Å². The fourth-order valence-electron chi connectivity index (χ4n) is 8.99. The summed E-state index contributed by atoms with van der Waals surface area (Å²) < 4.78 is 18.7. The number of fused-ring (bicyclic) bond motifs is 11. The molecule has 0 fully saturated rings. The van der Waals surface area contributed by atoms with Gasteiger partial charge in [0.25, 0.3) is 0 Å². The molecule has 10 rings (SSSR count). The van der Waals surface area contributed by atoms with Gasteiger partial charge in [-0.25, -0.2) is 0 Å². The van der Waals surface area contributed by atoms with Crippen LogP contribution < -0.4 is 21.1 Å². The van der Waals surface area contributed by atoms with Gasteiger partial charge in [0.15, 0.2) is 7.14 Å². The monoisotopic (exact) mass is 677 g/mol. The van der Waals surface area contributed by atoms with Gasteiger partial charge in [-0.15, -0.1) is 0 Å². The van der Waals surface area contributed by atoms with Crippen molar-refractivity contribution in [2.24, 2.45) is 0 Å². The summed E-state index contributed by atoms with van der Waals surface area (Å²) in [6.45, 7) is 7.18. The van der Waals surface area contributed by atoms with E-state index >= 15 is 4.57 Å². The fourth-order valence-corrected chi connectivity index (χ4v) is 13.3. The second-order valence-electron chi connectivity index (χ2n) is 14.8. The molecule has 0 aliphatic carbocycles. The van der Waals surface area contributed by atoms with Crippen molar-refractivity contribution in [2.75, 3.05) is 0 Å². The van der Waals surface area contributed by atoms with Gasteiger partial charge in [-0.2, -0.15) is 0 Å². The van der Waals surface area contributed by atoms with E-state index in [0.717, 1.165) is 32.6 Å². The minimum atomic E-state index is -3.28. The van der Waals surface area contributed by atoms with Crippen LogP contribution in [0.3, 0.4) is 0 Å². The molecule has 240 valence electrons. The van der Waals surface area contributed by atoms with Crippen LogP contribution in [0.2, 0.25) is 19.6 Å². The average Bonchev–Trinajstić information content (AvgIpc) is 3.50. The molecule has 0 N–H and O–H groups in total. The highest BCUT2D eigenvalue weighted by Crippen LogP contribution is 2.61. The van der Waals surface area contributed by atoms with Crippen LogP contribution in [0.15, 0.2) is 164 Å². The molecule has 1 spiro atoms. The maximum absolute atomic E-state index is 16.2. The first kappa shape index (κ1) is 29.7. The van der Waals surface area contributed by atoms with Crippen LogP contribution in [0, 0.1) is 0 Å². The standard InChI is InChI=1S/C46H36NOPSi/c1-50(2,3)34-27-24-31(25-28-34)32-26-29-44-40(30-32)46(38-19-9-12-23-43(38)49(44,48)33-14-5-4-6-15-33)37-18-8-11-22-42(37)47-41-21-10-7-16-35(41)36-17-13-20-39(46)45(36)47/h4-30H,1-3H3. The quantitative estimate of drug-likeness (QED) is 0.135. The Morgan fingerprint density at radius 1 is 0.520 bits per heavy atom. The second kappa shape index (κ2) is 10.4. The Balaban J connectivity index is 1.39. The number of benzene rings is 7. The van der Waals surface area contributed by atoms with Crippen molar-refractivity contribution in [3.05, 3.63) is 186 Å². The number of hydrogen-bond acceptors (Lipinski definition) is 1. The first-order valence-corrected chi connectivity index (χ1v) is 22.7. The highest BCUT2D eigenvalue weighted by molar-refractivity contribution is 7.85. The molecule has 7 aromatic carbocycles. The Morgan fingerprint density at radius 2 is 1.14 bits per heavy atom. The minimum Gasteiger partial charge on any atom is -0.309 e. The molecule has 2 aliphatic rings. The summed E-state index contributed by atoms with van der Waals surface area (Å²) in [7, 11) is -4.74. The first-order chi connectivity index (χ1) is 24.3. The van der Waals surface area contributed by atoms with Crippen LogP contribution >= 0.6 is 7.14 Å². The first-order valence-electron chi connectivity index (χ1n) is 17.5. The van der Waals surface area contributed by atoms with Crippen LogP contribution in [-0.2, 0) is 9.98 Å². The van der Waals surface area contributed by atoms with E-state index in [4.69, 9.17) is 0 Å². The van der Waals surface area contributed by atoms with Gasteiger partial charge < -0.3 is 9.13 Å². The molecule has 2 aliphatic heterocycles. The normalized spacial score (nSPS) is 18.9. The zero-order valence-electron chi connectivity index (χ0n) is 28.4. The van der Waals surface area contributed by atoms with Gasteiger partial charge in [0.05, 0.1) is 30.2 Å². The number of aromatic nitrogens is 1. The van der Waals surface area contributed by atoms with E-state index in [0.29, 0.717) is 0 Å². The molecule has 2 nitrogen and oxygen atoms in total. The minimum absolute atomic E-state index is 0.705. The largest absolute Gasteiger partial charge is 0.309 e. The molecule has 0 bridgehead atoms. The molecule has 0 saturated carbocycles. The van der Waals surface area contributed by atoms with Crippen molar-refractivity contribution in [1.29, 1.82) is 0 Å². The summed E-state index contributed by atoms with van der Waals surface area (Å²) in [6, 6.07) is 59.1. The number of rotatable bonds is 3. The van der Waals surface area contributed by atoms with E-state index in [9.17, 15) is 0 Å². The molecule has 0 amide bonds. The van der Waals surface area contributed by atoms with Crippen LogP contribution in [0.25, 0.3) is 38.6 Å². The van der Waals surface area contributed by atoms with Crippen LogP contribution in [-0.4, -0.2) is 12.6 Å². The molecule has 1 aromatic heterocycles. The van der Waals surface area contributed by atoms with Gasteiger partial charge in [-0.1, -0.05) is 164 Å². The second-order valence-corrected chi connectivity index (χ2v) is 22.6. The highest BCUT2D eigenvalue weighted by atomic mass is 31.2. The predicted molar refractivity (Wildman–Crippen MR) is 214 cm³/mol. The van der Waals surface area contributed by atoms with Gasteiger partial charge in [0, 0.05) is 26.7 Å². The Bertz CT molecular complexity index is 2720. The Labute approximate surface area is 294 Å². The summed E-state index contributed by atoms with van der Waals surface area (Å²) in [5.41, 5.74) is 9.83. The van der Waals surface area contributed by atoms with Gasteiger partial charge >= 0.3 is 0 Å². The van der Waals surface area contributed by atoms with E-state index < -0.39 is 20.6 Å². The van der Waals surface area contributed by atoms with Crippen molar-refractivity contribution in [3.63, 3.8) is 0 Å². The average molecular weight is 678 g/mol. The maximum Gasteiger partial charge on any atom is 0.171 e. The van der Waals surface area contributed by atoms with Crippen molar-refractivity contribution in [3.8, 4) is 16.8 Å². The van der Waals surface area contributed by atoms with Crippen molar-refractivity contribution in [2.45, 2.75) is 25.1 Å². The summed E-state index contributed by atoms with van der Waals surface area (Å²) in [5, 5.41) is 6.63. The predicted octanol–water partition coefficient (Wildman–Crippen LogP) is 9.64. The summed E-state index contributed by atoms with van der Waals surface area (Å²) >= 11 is 0. The third-order valence-electron chi connectivity index (χ3n) is 11.2. The molecule has 2 unspecified atom stereocenters. The van der Waals surface area contributed by atoms with Gasteiger partial charge in [-0.3, -0.25) is 0 Å². The van der Waals surface area contributed by atoms with E-state index in [-0.39, 0.29) is 0 Å². The van der Waals surface area contributed by atoms with Crippen molar-refractivity contribution in [1.82, 2.24) is 4.57 Å². The SMILES string of the molecule is C[Si](C)(C)c1ccc(-c2ccc3c(c2)C2(c4ccccc4-n4c5ccccc5c5cccc2c54)c2ccccc2P3(=O)c2ccccc2)cc1. The van der Waals surface area contributed by atoms with Crippen LogP contribution in [0.1, 0.15) is 22.3 Å². The molecule has 50 heavy (non-hydrogen) atoms. The Hall–Kier alpha value is -5.21. The number of hydrogen-bond donors (Lipinski definition) is 0. The molecule has 0 radical (unpaired) electrons. The summed E-state index contributed by atoms with van der Waals surface area (Å²) in [5.74, 6) is 0. The van der Waals surface area contributed by atoms with E-state index in [1.54, 1.807) is 0 Å². The highest BCUT2D eigenvalue weighted by Gasteiger charge is 2.54. The molecule has 0 saturated heterocycles. The van der Waals surface area contributed by atoms with E-state index in [2.05, 4.69) is 170 Å². The Kier molecular flexibility index (Phi) is 6.17. The zero-order chi connectivity index (χ0) is 33.8. The Morgan fingerprint density at radius 3 is 1.94 bits per heavy atom. The molecule has 2 atom stereocenters. The topological polar surface area (TPSA) is 22.0 Å². The lowest BCUT2D eigenvalue weighted by Crippen LogP contribution is -2.48. The summed E-state index contributed by atoms with van der Waals surface area (Å²) in [4.78, 5) is 0. The van der Waals surface area contributed by atoms with Gasteiger partial charge in [0.1, 0.15) is 0 Å². The van der Waals surface area contributed by atoms with Gasteiger partial charge in [0.2, 0.25) is 0 Å². The third kappa shape index (κ3) is 3.77. The lowest BCUT2D eigenvalue weighted by atomic mass is 9.62. The fraction of sp³-hybridized carbons (Fsp3) is 0.0870. The molecular weight excluding hydrogens is 642 g/mol. The van der Waals surface area contributed by atoms with Crippen LogP contribution in [0.4, 0.5) is 0 Å². The molecule has 8 aromatic rings. The van der Waals surface area contributed by atoms with E-state index in [1.807, 2.05) is 18.2 Å². The molecule has 4 heteroatoms. The van der Waals surface area contributed by atoms with E-state index in [1.165, 1.54) is 49.4 Å².